The van der Waals surface area contributed by atoms with Crippen LogP contribution in [0.3, 0.4) is 0 Å². The minimum absolute atomic E-state index is 0.197. The molecule has 19 heavy (non-hydrogen) atoms. The number of rotatable bonds is 4. The standard InChI is InChI=1S/C14H17ClFNOS/c15-13-8-12(16)5-4-11(13)9-19-10-14(18)17-6-2-1-3-7-17/h4-5,8H,1-3,6-7,9-10H2. The first-order valence-electron chi connectivity index (χ1n) is 6.46. The molecule has 1 heterocycles. The predicted octanol–water partition coefficient (Wildman–Crippen LogP) is 3.72. The molecule has 1 aliphatic rings. The zero-order valence-electron chi connectivity index (χ0n) is 10.7. The van der Waals surface area contributed by atoms with E-state index < -0.39 is 0 Å². The van der Waals surface area contributed by atoms with E-state index in [0.29, 0.717) is 16.5 Å². The SMILES string of the molecule is O=C(CSCc1ccc(F)cc1Cl)N1CCCCC1. The van der Waals surface area contributed by atoms with Gasteiger partial charge >= 0.3 is 0 Å². The first-order chi connectivity index (χ1) is 9.16. The Hall–Kier alpha value is -0.740. The lowest BCUT2D eigenvalue weighted by Gasteiger charge is -2.26. The van der Waals surface area contributed by atoms with Gasteiger partial charge < -0.3 is 4.90 Å². The van der Waals surface area contributed by atoms with Gasteiger partial charge in [0, 0.05) is 23.9 Å². The number of benzene rings is 1. The minimum Gasteiger partial charge on any atom is -0.342 e. The fourth-order valence-electron chi connectivity index (χ4n) is 2.12. The normalized spacial score (nSPS) is 15.6. The summed E-state index contributed by atoms with van der Waals surface area (Å²) in [6, 6.07) is 4.38. The highest BCUT2D eigenvalue weighted by Gasteiger charge is 2.16. The molecule has 1 amide bonds. The maximum atomic E-state index is 12.9. The third-order valence-electron chi connectivity index (χ3n) is 3.21. The van der Waals surface area contributed by atoms with Crippen molar-refractivity contribution in [3.05, 3.63) is 34.6 Å². The lowest BCUT2D eigenvalue weighted by molar-refractivity contribution is -0.129. The number of piperidine rings is 1. The highest BCUT2D eigenvalue weighted by atomic mass is 35.5. The van der Waals surface area contributed by atoms with Crippen LogP contribution in [0.15, 0.2) is 18.2 Å². The molecule has 0 atom stereocenters. The van der Waals surface area contributed by atoms with Gasteiger partial charge in [0.1, 0.15) is 5.82 Å². The monoisotopic (exact) mass is 301 g/mol. The van der Waals surface area contributed by atoms with Crippen molar-refractivity contribution in [3.8, 4) is 0 Å². The van der Waals surface area contributed by atoms with Gasteiger partial charge in [0.25, 0.3) is 0 Å². The molecule has 2 rings (SSSR count). The van der Waals surface area contributed by atoms with Crippen molar-refractivity contribution < 1.29 is 9.18 Å². The van der Waals surface area contributed by atoms with Crippen LogP contribution in [-0.4, -0.2) is 29.6 Å². The van der Waals surface area contributed by atoms with Gasteiger partial charge in [-0.15, -0.1) is 11.8 Å². The molecule has 1 aliphatic heterocycles. The molecule has 0 N–H and O–H groups in total. The van der Waals surface area contributed by atoms with Crippen LogP contribution < -0.4 is 0 Å². The molecule has 0 unspecified atom stereocenters. The van der Waals surface area contributed by atoms with Gasteiger partial charge in [-0.2, -0.15) is 0 Å². The lowest BCUT2D eigenvalue weighted by Crippen LogP contribution is -2.36. The number of hydrogen-bond donors (Lipinski definition) is 0. The Morgan fingerprint density at radius 3 is 2.74 bits per heavy atom. The summed E-state index contributed by atoms with van der Waals surface area (Å²) in [5.74, 6) is 0.970. The third kappa shape index (κ3) is 4.39. The second-order valence-electron chi connectivity index (χ2n) is 4.67. The van der Waals surface area contributed by atoms with Crippen molar-refractivity contribution in [2.75, 3.05) is 18.8 Å². The summed E-state index contributed by atoms with van der Waals surface area (Å²) < 4.78 is 12.9. The summed E-state index contributed by atoms with van der Waals surface area (Å²) in [5, 5.41) is 0.429. The maximum absolute atomic E-state index is 12.9. The average molecular weight is 302 g/mol. The number of hydrogen-bond acceptors (Lipinski definition) is 2. The second-order valence-corrected chi connectivity index (χ2v) is 6.06. The second kappa shape index (κ2) is 7.15. The third-order valence-corrected chi connectivity index (χ3v) is 4.53. The molecular formula is C14H17ClFNOS. The van der Waals surface area contributed by atoms with E-state index in [-0.39, 0.29) is 11.7 Å². The topological polar surface area (TPSA) is 20.3 Å². The van der Waals surface area contributed by atoms with E-state index in [1.165, 1.54) is 30.3 Å². The van der Waals surface area contributed by atoms with Crippen LogP contribution in [0.2, 0.25) is 5.02 Å². The molecule has 1 aromatic carbocycles. The van der Waals surface area contributed by atoms with Gasteiger partial charge in [-0.1, -0.05) is 17.7 Å². The molecule has 0 aromatic heterocycles. The van der Waals surface area contributed by atoms with E-state index in [1.54, 1.807) is 6.07 Å². The van der Waals surface area contributed by atoms with Crippen LogP contribution in [-0.2, 0) is 10.5 Å². The molecule has 2 nitrogen and oxygen atoms in total. The Bertz CT molecular complexity index is 449. The molecule has 0 radical (unpaired) electrons. The molecule has 0 spiro atoms. The number of carbonyl (C=O) groups excluding carboxylic acids is 1. The molecule has 1 saturated heterocycles. The molecule has 5 heteroatoms. The predicted molar refractivity (Wildman–Crippen MR) is 78.0 cm³/mol. The van der Waals surface area contributed by atoms with Crippen LogP contribution in [0.25, 0.3) is 0 Å². The molecule has 104 valence electrons. The minimum atomic E-state index is -0.330. The van der Waals surface area contributed by atoms with E-state index in [4.69, 9.17) is 11.6 Å². The van der Waals surface area contributed by atoms with Crippen LogP contribution >= 0.6 is 23.4 Å². The summed E-state index contributed by atoms with van der Waals surface area (Å²) in [6.45, 7) is 1.77. The van der Waals surface area contributed by atoms with E-state index in [1.807, 2.05) is 4.90 Å². The number of amides is 1. The zero-order valence-corrected chi connectivity index (χ0v) is 12.3. The molecule has 0 bridgehead atoms. The van der Waals surface area contributed by atoms with Gasteiger partial charge in [0.2, 0.25) is 5.91 Å². The van der Waals surface area contributed by atoms with E-state index in [2.05, 4.69) is 0 Å². The molecular weight excluding hydrogens is 285 g/mol. The highest BCUT2D eigenvalue weighted by molar-refractivity contribution is 7.99. The Kier molecular flexibility index (Phi) is 5.52. The number of likely N-dealkylation sites (tertiary alicyclic amines) is 1. The van der Waals surface area contributed by atoms with Crippen LogP contribution in [0.4, 0.5) is 4.39 Å². The summed E-state index contributed by atoms with van der Waals surface area (Å²) in [6.07, 6.45) is 3.45. The van der Waals surface area contributed by atoms with Gasteiger partial charge in [0.15, 0.2) is 0 Å². The van der Waals surface area contributed by atoms with Crippen LogP contribution in [0, 0.1) is 5.82 Å². The van der Waals surface area contributed by atoms with Crippen LogP contribution in [0.1, 0.15) is 24.8 Å². The number of carbonyl (C=O) groups is 1. The van der Waals surface area contributed by atoms with Crippen molar-refractivity contribution in [3.63, 3.8) is 0 Å². The van der Waals surface area contributed by atoms with Crippen LogP contribution in [0.5, 0.6) is 0 Å². The fraction of sp³-hybridized carbons (Fsp3) is 0.500. The quantitative estimate of drug-likeness (QED) is 0.844. The summed E-state index contributed by atoms with van der Waals surface area (Å²) in [5.41, 5.74) is 0.875. The smallest absolute Gasteiger partial charge is 0.232 e. The molecule has 0 saturated carbocycles. The number of nitrogens with zero attached hydrogens (tertiary/aromatic N) is 1. The largest absolute Gasteiger partial charge is 0.342 e. The Labute approximate surface area is 122 Å². The summed E-state index contributed by atoms with van der Waals surface area (Å²) >= 11 is 7.47. The van der Waals surface area contributed by atoms with Gasteiger partial charge in [-0.25, -0.2) is 4.39 Å². The summed E-state index contributed by atoms with van der Waals surface area (Å²) in [7, 11) is 0. The summed E-state index contributed by atoms with van der Waals surface area (Å²) in [4.78, 5) is 13.9. The van der Waals surface area contributed by atoms with Crippen molar-refractivity contribution in [1.82, 2.24) is 4.90 Å². The zero-order chi connectivity index (χ0) is 13.7. The van der Waals surface area contributed by atoms with E-state index in [0.717, 1.165) is 31.5 Å². The Balaban J connectivity index is 1.78. The highest BCUT2D eigenvalue weighted by Crippen LogP contribution is 2.22. The maximum Gasteiger partial charge on any atom is 0.232 e. The number of thioether (sulfide) groups is 1. The Morgan fingerprint density at radius 2 is 2.05 bits per heavy atom. The van der Waals surface area contributed by atoms with Crippen molar-refractivity contribution in [1.29, 1.82) is 0 Å². The first kappa shape index (κ1) is 14.7. The van der Waals surface area contributed by atoms with Gasteiger partial charge in [-0.3, -0.25) is 4.79 Å². The van der Waals surface area contributed by atoms with E-state index >= 15 is 0 Å². The lowest BCUT2D eigenvalue weighted by atomic mass is 10.1. The molecule has 0 aliphatic carbocycles. The van der Waals surface area contributed by atoms with E-state index in [9.17, 15) is 9.18 Å². The molecule has 1 fully saturated rings. The van der Waals surface area contributed by atoms with Crippen molar-refractivity contribution in [2.45, 2.75) is 25.0 Å². The number of halogens is 2. The Morgan fingerprint density at radius 1 is 1.32 bits per heavy atom. The van der Waals surface area contributed by atoms with Crippen molar-refractivity contribution >= 4 is 29.3 Å². The van der Waals surface area contributed by atoms with Gasteiger partial charge in [0.05, 0.1) is 5.75 Å². The first-order valence-corrected chi connectivity index (χ1v) is 7.99. The molecule has 1 aromatic rings. The average Bonchev–Trinajstić information content (AvgIpc) is 2.42. The van der Waals surface area contributed by atoms with Crippen molar-refractivity contribution in [2.24, 2.45) is 0 Å². The van der Waals surface area contributed by atoms with Gasteiger partial charge in [-0.05, 0) is 37.0 Å². The fourth-order valence-corrected chi connectivity index (χ4v) is 3.37.